The van der Waals surface area contributed by atoms with Crippen LogP contribution in [0, 0.1) is 0 Å². The topological polar surface area (TPSA) is 82.4 Å². The number of methoxy groups -OCH3 is 1. The Hall–Kier alpha value is -3.10. The van der Waals surface area contributed by atoms with Gasteiger partial charge < -0.3 is 14.4 Å². The predicted octanol–water partition coefficient (Wildman–Crippen LogP) is 2.83. The van der Waals surface area contributed by atoms with E-state index < -0.39 is 0 Å². The van der Waals surface area contributed by atoms with Gasteiger partial charge in [-0.1, -0.05) is 24.3 Å². The molecular formula is C24H27N5O3. The number of rotatable bonds is 5. The highest BCUT2D eigenvalue weighted by Gasteiger charge is 2.29. The molecule has 0 unspecified atom stereocenters. The van der Waals surface area contributed by atoms with Crippen LogP contribution in [0.1, 0.15) is 40.0 Å². The number of aromatic nitrogens is 4. The van der Waals surface area contributed by atoms with Crippen molar-refractivity contribution in [3.63, 3.8) is 0 Å². The van der Waals surface area contributed by atoms with Crippen molar-refractivity contribution in [2.24, 2.45) is 0 Å². The first kappa shape index (κ1) is 20.8. The average molecular weight is 434 g/mol. The molecule has 2 aliphatic rings. The Bertz CT molecular complexity index is 1140. The Morgan fingerprint density at radius 3 is 2.91 bits per heavy atom. The van der Waals surface area contributed by atoms with E-state index in [1.54, 1.807) is 22.9 Å². The molecule has 2 aromatic heterocycles. The van der Waals surface area contributed by atoms with Crippen molar-refractivity contribution in [1.29, 1.82) is 0 Å². The summed E-state index contributed by atoms with van der Waals surface area (Å²) in [6.45, 7) is 1.47. The number of benzene rings is 1. The second kappa shape index (κ2) is 8.80. The second-order valence-electron chi connectivity index (χ2n) is 8.34. The van der Waals surface area contributed by atoms with Crippen LogP contribution >= 0.6 is 0 Å². The standard InChI is InChI=1S/C24H27N5O3/c1-28(18-10-11-32-14-18)23(30)20-13-26-29(21(20)15-31-2)24-25-12-17-8-5-7-16-6-3-4-9-19(16)22(17)27-24/h3-4,6,9,12-13,18H,5,7-8,10-11,14-15H2,1-2H3/t18-/m0/s1. The largest absolute Gasteiger partial charge is 0.379 e. The minimum Gasteiger partial charge on any atom is -0.379 e. The minimum atomic E-state index is -0.0982. The minimum absolute atomic E-state index is 0.0708. The van der Waals surface area contributed by atoms with Crippen molar-refractivity contribution in [2.75, 3.05) is 27.4 Å². The van der Waals surface area contributed by atoms with E-state index in [1.165, 1.54) is 5.56 Å². The summed E-state index contributed by atoms with van der Waals surface area (Å²) < 4.78 is 12.5. The van der Waals surface area contributed by atoms with Crippen LogP contribution in [-0.2, 0) is 28.9 Å². The summed E-state index contributed by atoms with van der Waals surface area (Å²) in [6, 6.07) is 8.46. The molecule has 1 fully saturated rings. The van der Waals surface area contributed by atoms with E-state index >= 15 is 0 Å². The molecule has 1 amide bonds. The van der Waals surface area contributed by atoms with Gasteiger partial charge in [0, 0.05) is 32.5 Å². The number of carbonyl (C=O) groups excluding carboxylic acids is 1. The average Bonchev–Trinajstić information content (AvgIpc) is 3.46. The molecule has 3 aromatic rings. The van der Waals surface area contributed by atoms with Crippen LogP contribution < -0.4 is 0 Å². The van der Waals surface area contributed by atoms with Crippen molar-refractivity contribution in [2.45, 2.75) is 38.3 Å². The zero-order chi connectivity index (χ0) is 22.1. The van der Waals surface area contributed by atoms with Crippen LogP contribution in [0.2, 0.25) is 0 Å². The lowest BCUT2D eigenvalue weighted by atomic mass is 10.0. The fourth-order valence-corrected chi connectivity index (χ4v) is 4.54. The maximum atomic E-state index is 13.2. The van der Waals surface area contributed by atoms with Gasteiger partial charge in [-0.25, -0.2) is 9.97 Å². The van der Waals surface area contributed by atoms with E-state index in [0.717, 1.165) is 42.5 Å². The zero-order valence-electron chi connectivity index (χ0n) is 18.5. The van der Waals surface area contributed by atoms with Gasteiger partial charge in [-0.05, 0) is 36.8 Å². The van der Waals surface area contributed by atoms with Crippen molar-refractivity contribution in [1.82, 2.24) is 24.6 Å². The predicted molar refractivity (Wildman–Crippen MR) is 119 cm³/mol. The van der Waals surface area contributed by atoms with E-state index in [0.29, 0.717) is 30.4 Å². The van der Waals surface area contributed by atoms with Gasteiger partial charge in [0.25, 0.3) is 11.9 Å². The summed E-state index contributed by atoms with van der Waals surface area (Å²) in [5.74, 6) is 0.345. The van der Waals surface area contributed by atoms with E-state index in [1.807, 2.05) is 19.3 Å². The first-order valence-electron chi connectivity index (χ1n) is 11.0. The van der Waals surface area contributed by atoms with Gasteiger partial charge >= 0.3 is 0 Å². The van der Waals surface area contributed by atoms with Crippen molar-refractivity contribution >= 4 is 5.91 Å². The van der Waals surface area contributed by atoms with Gasteiger partial charge in [0.15, 0.2) is 0 Å². The SMILES string of the molecule is COCc1c(C(=O)N(C)[C@H]2CCOC2)cnn1-c1ncc2c(n1)-c1ccccc1CCC2. The molecule has 0 spiro atoms. The Balaban J connectivity index is 1.55. The van der Waals surface area contributed by atoms with Gasteiger partial charge in [0.1, 0.15) is 0 Å². The third-order valence-corrected chi connectivity index (χ3v) is 6.36. The summed E-state index contributed by atoms with van der Waals surface area (Å²) in [6.07, 6.45) is 7.34. The van der Waals surface area contributed by atoms with Crippen LogP contribution in [0.3, 0.4) is 0 Å². The molecule has 0 saturated carbocycles. The smallest absolute Gasteiger partial charge is 0.257 e. The van der Waals surface area contributed by atoms with Crippen molar-refractivity contribution in [3.8, 4) is 17.2 Å². The number of hydrogen-bond acceptors (Lipinski definition) is 6. The molecule has 8 heteroatoms. The maximum Gasteiger partial charge on any atom is 0.257 e. The lowest BCUT2D eigenvalue weighted by Gasteiger charge is -2.23. The molecule has 0 radical (unpaired) electrons. The summed E-state index contributed by atoms with van der Waals surface area (Å²) >= 11 is 0. The van der Waals surface area contributed by atoms with Gasteiger partial charge in [-0.15, -0.1) is 0 Å². The fourth-order valence-electron chi connectivity index (χ4n) is 4.54. The number of ether oxygens (including phenoxy) is 2. The van der Waals surface area contributed by atoms with E-state index in [9.17, 15) is 4.79 Å². The molecule has 1 saturated heterocycles. The van der Waals surface area contributed by atoms with E-state index in [-0.39, 0.29) is 18.6 Å². The lowest BCUT2D eigenvalue weighted by molar-refractivity contribution is 0.0706. The zero-order valence-corrected chi connectivity index (χ0v) is 18.5. The van der Waals surface area contributed by atoms with Crippen LogP contribution in [0.25, 0.3) is 17.2 Å². The summed E-state index contributed by atoms with van der Waals surface area (Å²) in [4.78, 5) is 24.5. The van der Waals surface area contributed by atoms with E-state index in [4.69, 9.17) is 14.5 Å². The molecule has 32 heavy (non-hydrogen) atoms. The Labute approximate surface area is 187 Å². The molecule has 166 valence electrons. The highest BCUT2D eigenvalue weighted by atomic mass is 16.5. The number of fused-ring (bicyclic) bond motifs is 3. The summed E-state index contributed by atoms with van der Waals surface area (Å²) in [5.41, 5.74) is 5.66. The lowest BCUT2D eigenvalue weighted by Crippen LogP contribution is -2.37. The molecule has 0 bridgehead atoms. The Morgan fingerprint density at radius 2 is 2.09 bits per heavy atom. The number of nitrogens with zero attached hydrogens (tertiary/aromatic N) is 5. The summed E-state index contributed by atoms with van der Waals surface area (Å²) in [7, 11) is 3.42. The second-order valence-corrected chi connectivity index (χ2v) is 8.34. The molecule has 1 aliphatic carbocycles. The van der Waals surface area contributed by atoms with Crippen molar-refractivity contribution in [3.05, 3.63) is 59.0 Å². The molecular weight excluding hydrogens is 406 g/mol. The number of amides is 1. The fraction of sp³-hybridized carbons (Fsp3) is 0.417. The number of aryl methyl sites for hydroxylation is 2. The van der Waals surface area contributed by atoms with E-state index in [2.05, 4.69) is 28.3 Å². The quantitative estimate of drug-likeness (QED) is 0.615. The first-order chi connectivity index (χ1) is 15.7. The van der Waals surface area contributed by atoms with Crippen LogP contribution in [-0.4, -0.2) is 64.0 Å². The Kier molecular flexibility index (Phi) is 5.71. The molecule has 5 rings (SSSR count). The molecule has 1 aromatic carbocycles. The van der Waals surface area contributed by atoms with Gasteiger partial charge in [-0.2, -0.15) is 9.78 Å². The number of hydrogen-bond donors (Lipinski definition) is 0. The van der Waals surface area contributed by atoms with Crippen LogP contribution in [0.15, 0.2) is 36.7 Å². The monoisotopic (exact) mass is 433 g/mol. The normalized spacial score (nSPS) is 17.5. The van der Waals surface area contributed by atoms with Crippen molar-refractivity contribution < 1.29 is 14.3 Å². The number of likely N-dealkylation sites (N-methyl/N-ethyl adjacent to an activating group) is 1. The third kappa shape index (κ3) is 3.69. The van der Waals surface area contributed by atoms with Crippen LogP contribution in [0.5, 0.6) is 0 Å². The van der Waals surface area contributed by atoms with Crippen LogP contribution in [0.4, 0.5) is 0 Å². The molecule has 1 aliphatic heterocycles. The molecule has 3 heterocycles. The molecule has 8 nitrogen and oxygen atoms in total. The van der Waals surface area contributed by atoms with Gasteiger partial charge in [0.2, 0.25) is 0 Å². The summed E-state index contributed by atoms with van der Waals surface area (Å²) in [5, 5.41) is 4.50. The molecule has 1 atom stereocenters. The highest BCUT2D eigenvalue weighted by molar-refractivity contribution is 5.95. The van der Waals surface area contributed by atoms with Gasteiger partial charge in [0.05, 0.1) is 42.4 Å². The van der Waals surface area contributed by atoms with Gasteiger partial charge in [-0.3, -0.25) is 4.79 Å². The first-order valence-corrected chi connectivity index (χ1v) is 11.0. The third-order valence-electron chi connectivity index (χ3n) is 6.36. The Morgan fingerprint density at radius 1 is 1.25 bits per heavy atom. The highest BCUT2D eigenvalue weighted by Crippen LogP contribution is 2.31. The molecule has 0 N–H and O–H groups in total. The maximum absolute atomic E-state index is 13.2. The number of carbonyl (C=O) groups is 1.